The summed E-state index contributed by atoms with van der Waals surface area (Å²) in [5, 5.41) is 2.92. The summed E-state index contributed by atoms with van der Waals surface area (Å²) in [6.45, 7) is 3.76. The van der Waals surface area contributed by atoms with Gasteiger partial charge in [0.2, 0.25) is 0 Å². The Kier molecular flexibility index (Phi) is 5.28. The largest absolute Gasteiger partial charge is 0.497 e. The minimum Gasteiger partial charge on any atom is -0.497 e. The van der Waals surface area contributed by atoms with Crippen LogP contribution in [0.2, 0.25) is 0 Å². The molecule has 2 aliphatic heterocycles. The zero-order valence-corrected chi connectivity index (χ0v) is 17.0. The van der Waals surface area contributed by atoms with Gasteiger partial charge in [-0.2, -0.15) is 0 Å². The molecule has 3 amide bonds. The van der Waals surface area contributed by atoms with E-state index in [1.165, 1.54) is 16.0 Å². The van der Waals surface area contributed by atoms with E-state index in [0.717, 1.165) is 30.8 Å². The molecule has 0 bridgehead atoms. The van der Waals surface area contributed by atoms with Crippen molar-refractivity contribution in [2.45, 2.75) is 38.3 Å². The van der Waals surface area contributed by atoms with Gasteiger partial charge in [0.1, 0.15) is 11.3 Å². The molecule has 0 radical (unpaired) electrons. The summed E-state index contributed by atoms with van der Waals surface area (Å²) >= 11 is 0. The van der Waals surface area contributed by atoms with Gasteiger partial charge in [-0.05, 0) is 55.0 Å². The smallest absolute Gasteiger partial charge is 0.326 e. The summed E-state index contributed by atoms with van der Waals surface area (Å²) in [4.78, 5) is 29.2. The van der Waals surface area contributed by atoms with Gasteiger partial charge in [0.25, 0.3) is 5.91 Å². The van der Waals surface area contributed by atoms with Gasteiger partial charge in [-0.25, -0.2) is 9.69 Å². The lowest BCUT2D eigenvalue weighted by atomic mass is 9.93. The van der Waals surface area contributed by atoms with E-state index < -0.39 is 5.54 Å². The second-order valence-corrected chi connectivity index (χ2v) is 8.06. The number of ether oxygens (including phenoxy) is 1. The fourth-order valence-electron chi connectivity index (χ4n) is 4.11. The summed E-state index contributed by atoms with van der Waals surface area (Å²) in [5.74, 6) is 0.661. The molecule has 1 unspecified atom stereocenters. The van der Waals surface area contributed by atoms with Crippen molar-refractivity contribution in [2.24, 2.45) is 0 Å². The van der Waals surface area contributed by atoms with Crippen LogP contribution in [0.15, 0.2) is 48.5 Å². The molecule has 29 heavy (non-hydrogen) atoms. The topological polar surface area (TPSA) is 61.9 Å². The second kappa shape index (κ2) is 7.87. The van der Waals surface area contributed by atoms with Gasteiger partial charge >= 0.3 is 6.03 Å². The number of carbonyl (C=O) groups excluding carboxylic acids is 2. The third kappa shape index (κ3) is 3.98. The highest BCUT2D eigenvalue weighted by Gasteiger charge is 2.47. The lowest BCUT2D eigenvalue weighted by Gasteiger charge is -2.31. The van der Waals surface area contributed by atoms with Crippen molar-refractivity contribution < 1.29 is 14.3 Å². The fraction of sp³-hybridized carbons (Fsp3) is 0.391. The Morgan fingerprint density at radius 2 is 1.79 bits per heavy atom. The summed E-state index contributed by atoms with van der Waals surface area (Å²) in [6.07, 6.45) is 2.20. The quantitative estimate of drug-likeness (QED) is 0.767. The molecule has 0 aliphatic carbocycles. The number of nitrogens with zero attached hydrogens (tertiary/aromatic N) is 2. The van der Waals surface area contributed by atoms with E-state index in [2.05, 4.69) is 28.4 Å². The number of hydrogen-bond acceptors (Lipinski definition) is 4. The van der Waals surface area contributed by atoms with Gasteiger partial charge in [0.05, 0.1) is 13.8 Å². The fourth-order valence-corrected chi connectivity index (χ4v) is 4.11. The number of carbonyl (C=O) groups is 2. The summed E-state index contributed by atoms with van der Waals surface area (Å²) in [6, 6.07) is 15.9. The predicted molar refractivity (Wildman–Crippen MR) is 111 cm³/mol. The first kappa shape index (κ1) is 19.5. The summed E-state index contributed by atoms with van der Waals surface area (Å²) < 4.78 is 5.18. The van der Waals surface area contributed by atoms with Gasteiger partial charge < -0.3 is 10.1 Å². The SMILES string of the molecule is COc1ccc(CCC2(C)NC(=O)N(CN3CCc4ccccc4C3)C2=O)cc1. The van der Waals surface area contributed by atoms with Crippen molar-refractivity contribution >= 4 is 11.9 Å². The number of rotatable bonds is 6. The number of aryl methyl sites for hydroxylation is 1. The number of fused-ring (bicyclic) bond motifs is 1. The van der Waals surface area contributed by atoms with E-state index in [9.17, 15) is 9.59 Å². The zero-order chi connectivity index (χ0) is 20.4. The third-order valence-electron chi connectivity index (χ3n) is 5.97. The average Bonchev–Trinajstić information content (AvgIpc) is 2.96. The molecule has 1 saturated heterocycles. The molecule has 1 N–H and O–H groups in total. The van der Waals surface area contributed by atoms with Crippen LogP contribution in [0.5, 0.6) is 5.75 Å². The molecule has 0 spiro atoms. The highest BCUT2D eigenvalue weighted by molar-refractivity contribution is 6.06. The van der Waals surface area contributed by atoms with E-state index >= 15 is 0 Å². The number of methoxy groups -OCH3 is 1. The molecule has 6 nitrogen and oxygen atoms in total. The molecular weight excluding hydrogens is 366 g/mol. The molecule has 4 rings (SSSR count). The summed E-state index contributed by atoms with van der Waals surface area (Å²) in [5.41, 5.74) is 2.86. The molecule has 2 aromatic rings. The Hall–Kier alpha value is -2.86. The van der Waals surface area contributed by atoms with Crippen LogP contribution in [0.4, 0.5) is 4.79 Å². The maximum absolute atomic E-state index is 13.1. The Bertz CT molecular complexity index is 912. The Morgan fingerprint density at radius 1 is 1.07 bits per heavy atom. The Morgan fingerprint density at radius 3 is 2.52 bits per heavy atom. The molecule has 2 aromatic carbocycles. The maximum Gasteiger partial charge on any atom is 0.326 e. The number of urea groups is 1. The standard InChI is InChI=1S/C23H27N3O3/c1-23(13-11-17-7-9-20(29-2)10-8-17)21(27)26(22(28)24-23)16-25-14-12-18-5-3-4-6-19(18)15-25/h3-10H,11-16H2,1-2H3,(H,24,28). The highest BCUT2D eigenvalue weighted by atomic mass is 16.5. The Labute approximate surface area is 171 Å². The predicted octanol–water partition coefficient (Wildman–Crippen LogP) is 2.95. The first-order valence-electron chi connectivity index (χ1n) is 10.0. The average molecular weight is 393 g/mol. The van der Waals surface area contributed by atoms with Crippen molar-refractivity contribution in [3.63, 3.8) is 0 Å². The van der Waals surface area contributed by atoms with E-state index in [1.54, 1.807) is 7.11 Å². The molecule has 0 saturated carbocycles. The number of amides is 3. The van der Waals surface area contributed by atoms with Crippen LogP contribution < -0.4 is 10.1 Å². The minimum atomic E-state index is -0.870. The Balaban J connectivity index is 1.38. The van der Waals surface area contributed by atoms with Gasteiger partial charge in [-0.15, -0.1) is 0 Å². The van der Waals surface area contributed by atoms with Gasteiger partial charge in [-0.3, -0.25) is 9.69 Å². The van der Waals surface area contributed by atoms with Crippen molar-refractivity contribution in [1.82, 2.24) is 15.1 Å². The van der Waals surface area contributed by atoms with Crippen LogP contribution in [0.1, 0.15) is 30.0 Å². The van der Waals surface area contributed by atoms with Crippen LogP contribution in [0.25, 0.3) is 0 Å². The first-order valence-corrected chi connectivity index (χ1v) is 10.0. The van der Waals surface area contributed by atoms with Gasteiger partial charge in [-0.1, -0.05) is 36.4 Å². The number of hydrogen-bond donors (Lipinski definition) is 1. The minimum absolute atomic E-state index is 0.144. The molecule has 6 heteroatoms. The lowest BCUT2D eigenvalue weighted by Crippen LogP contribution is -2.46. The summed E-state index contributed by atoms with van der Waals surface area (Å²) in [7, 11) is 1.64. The van der Waals surface area contributed by atoms with Crippen LogP contribution in [0.3, 0.4) is 0 Å². The normalized spacial score (nSPS) is 21.8. The molecule has 1 fully saturated rings. The van der Waals surface area contributed by atoms with Gasteiger partial charge in [0, 0.05) is 13.1 Å². The van der Waals surface area contributed by atoms with Crippen LogP contribution in [0, 0.1) is 0 Å². The molecule has 2 heterocycles. The van der Waals surface area contributed by atoms with Gasteiger partial charge in [0.15, 0.2) is 0 Å². The van der Waals surface area contributed by atoms with Crippen molar-refractivity contribution in [3.05, 3.63) is 65.2 Å². The monoisotopic (exact) mass is 393 g/mol. The molecule has 1 atom stereocenters. The van der Waals surface area contributed by atoms with E-state index in [1.807, 2.05) is 37.3 Å². The highest BCUT2D eigenvalue weighted by Crippen LogP contribution is 2.26. The molecule has 2 aliphatic rings. The second-order valence-electron chi connectivity index (χ2n) is 8.06. The molecule has 152 valence electrons. The first-order chi connectivity index (χ1) is 14.0. The third-order valence-corrected chi connectivity index (χ3v) is 5.97. The van der Waals surface area contributed by atoms with Crippen molar-refractivity contribution in [1.29, 1.82) is 0 Å². The van der Waals surface area contributed by atoms with Crippen LogP contribution in [-0.2, 0) is 24.2 Å². The molecule has 0 aromatic heterocycles. The van der Waals surface area contributed by atoms with Crippen LogP contribution >= 0.6 is 0 Å². The molecular formula is C23H27N3O3. The lowest BCUT2D eigenvalue weighted by molar-refractivity contribution is -0.132. The van der Waals surface area contributed by atoms with Crippen molar-refractivity contribution in [3.8, 4) is 5.75 Å². The number of imide groups is 1. The maximum atomic E-state index is 13.1. The van der Waals surface area contributed by atoms with E-state index in [-0.39, 0.29) is 11.9 Å². The van der Waals surface area contributed by atoms with Crippen molar-refractivity contribution in [2.75, 3.05) is 20.3 Å². The number of nitrogens with one attached hydrogen (secondary N) is 1. The van der Waals surface area contributed by atoms with E-state index in [0.29, 0.717) is 19.5 Å². The number of benzene rings is 2. The zero-order valence-electron chi connectivity index (χ0n) is 17.0. The van der Waals surface area contributed by atoms with Crippen LogP contribution in [-0.4, -0.2) is 47.6 Å². The van der Waals surface area contributed by atoms with E-state index in [4.69, 9.17) is 4.74 Å².